The number of carbonyl (C=O) groups excluding carboxylic acids is 1. The first kappa shape index (κ1) is 9.00. The van der Waals surface area contributed by atoms with Gasteiger partial charge in [0.05, 0.1) is 0 Å². The van der Waals surface area contributed by atoms with Crippen LogP contribution in [-0.2, 0) is 4.79 Å². The summed E-state index contributed by atoms with van der Waals surface area (Å²) in [6, 6.07) is 0. The van der Waals surface area contributed by atoms with Gasteiger partial charge in [0.1, 0.15) is 0 Å². The normalized spacial score (nSPS) is 29.2. The van der Waals surface area contributed by atoms with Crippen molar-refractivity contribution in [2.75, 3.05) is 0 Å². The maximum absolute atomic E-state index is 11.0. The molecule has 0 saturated carbocycles. The van der Waals surface area contributed by atoms with E-state index in [2.05, 4.69) is 0 Å². The molecule has 3 heteroatoms. The zero-order valence-electron chi connectivity index (χ0n) is 7.42. The Labute approximate surface area is 72.1 Å². The van der Waals surface area contributed by atoms with Crippen molar-refractivity contribution in [3.05, 3.63) is 23.4 Å². The number of hydrogen-bond acceptors (Lipinski definition) is 3. The van der Waals surface area contributed by atoms with E-state index in [1.807, 2.05) is 13.0 Å². The number of nitrogens with two attached hydrogens (primary N) is 2. The van der Waals surface area contributed by atoms with Gasteiger partial charge in [-0.05, 0) is 13.8 Å². The van der Waals surface area contributed by atoms with Gasteiger partial charge in [0.15, 0.2) is 5.78 Å². The standard InChI is InChI=1S/C9H14N2O/c1-6(12)7-3-4-9(2,11)5-8(7)10/h3-4H,5,10-11H2,1-2H3. The highest BCUT2D eigenvalue weighted by Crippen LogP contribution is 2.21. The summed E-state index contributed by atoms with van der Waals surface area (Å²) in [4.78, 5) is 11.0. The average molecular weight is 166 g/mol. The van der Waals surface area contributed by atoms with Crippen LogP contribution >= 0.6 is 0 Å². The molecule has 0 bridgehead atoms. The van der Waals surface area contributed by atoms with Crippen molar-refractivity contribution in [2.45, 2.75) is 25.8 Å². The summed E-state index contributed by atoms with van der Waals surface area (Å²) in [6.07, 6.45) is 4.08. The Morgan fingerprint density at radius 2 is 2.25 bits per heavy atom. The Hall–Kier alpha value is -1.09. The van der Waals surface area contributed by atoms with Crippen molar-refractivity contribution in [2.24, 2.45) is 11.5 Å². The van der Waals surface area contributed by atoms with E-state index >= 15 is 0 Å². The lowest BCUT2D eigenvalue weighted by Crippen LogP contribution is -2.37. The molecule has 66 valence electrons. The highest BCUT2D eigenvalue weighted by atomic mass is 16.1. The lowest BCUT2D eigenvalue weighted by atomic mass is 9.88. The van der Waals surface area contributed by atoms with Crippen molar-refractivity contribution in [1.82, 2.24) is 0 Å². The van der Waals surface area contributed by atoms with Gasteiger partial charge in [-0.15, -0.1) is 0 Å². The number of hydrogen-bond donors (Lipinski definition) is 2. The molecule has 0 aromatic heterocycles. The highest BCUT2D eigenvalue weighted by Gasteiger charge is 2.22. The fraction of sp³-hybridized carbons (Fsp3) is 0.444. The van der Waals surface area contributed by atoms with Crippen molar-refractivity contribution < 1.29 is 4.79 Å². The Balaban J connectivity index is 2.95. The SMILES string of the molecule is CC(=O)C1=C(N)CC(C)(N)C=C1. The van der Waals surface area contributed by atoms with Crippen LogP contribution in [0.15, 0.2) is 23.4 Å². The van der Waals surface area contributed by atoms with E-state index in [1.54, 1.807) is 6.08 Å². The number of rotatable bonds is 1. The third-order valence-electron chi connectivity index (χ3n) is 1.93. The highest BCUT2D eigenvalue weighted by molar-refractivity contribution is 5.97. The van der Waals surface area contributed by atoms with Crippen LogP contribution in [0, 0.1) is 0 Å². The van der Waals surface area contributed by atoms with Gasteiger partial charge >= 0.3 is 0 Å². The molecule has 1 unspecified atom stereocenters. The maximum Gasteiger partial charge on any atom is 0.161 e. The maximum atomic E-state index is 11.0. The molecule has 1 aliphatic carbocycles. The minimum atomic E-state index is -0.400. The van der Waals surface area contributed by atoms with Crippen LogP contribution in [0.25, 0.3) is 0 Å². The molecule has 0 heterocycles. The molecule has 0 amide bonds. The molecule has 3 nitrogen and oxygen atoms in total. The molecule has 0 radical (unpaired) electrons. The number of Topliss-reactive ketones (excluding diaryl/α,β-unsaturated/α-hetero) is 1. The van der Waals surface area contributed by atoms with Crippen molar-refractivity contribution in [1.29, 1.82) is 0 Å². The fourth-order valence-corrected chi connectivity index (χ4v) is 1.29. The lowest BCUT2D eigenvalue weighted by Gasteiger charge is -2.25. The Bertz CT molecular complexity index is 274. The van der Waals surface area contributed by atoms with Crippen LogP contribution in [0.1, 0.15) is 20.3 Å². The van der Waals surface area contributed by atoms with Crippen LogP contribution in [-0.4, -0.2) is 11.3 Å². The van der Waals surface area contributed by atoms with Gasteiger partial charge in [-0.3, -0.25) is 4.79 Å². The minimum absolute atomic E-state index is 0.000694. The molecule has 0 saturated heterocycles. The zero-order chi connectivity index (χ0) is 9.35. The van der Waals surface area contributed by atoms with Crippen LogP contribution in [0.3, 0.4) is 0 Å². The molecule has 12 heavy (non-hydrogen) atoms. The number of ketones is 1. The van der Waals surface area contributed by atoms with E-state index in [1.165, 1.54) is 6.92 Å². The molecular weight excluding hydrogens is 152 g/mol. The molecule has 0 spiro atoms. The molecule has 1 rings (SSSR count). The van der Waals surface area contributed by atoms with Gasteiger partial charge in [-0.2, -0.15) is 0 Å². The molecule has 0 aromatic rings. The van der Waals surface area contributed by atoms with Gasteiger partial charge in [-0.1, -0.05) is 12.2 Å². The van der Waals surface area contributed by atoms with Crippen LogP contribution in [0.2, 0.25) is 0 Å². The minimum Gasteiger partial charge on any atom is -0.401 e. The Morgan fingerprint density at radius 1 is 1.67 bits per heavy atom. The average Bonchev–Trinajstić information content (AvgIpc) is 1.83. The summed E-state index contributed by atoms with van der Waals surface area (Å²) in [5.41, 5.74) is 12.3. The first-order valence-electron chi connectivity index (χ1n) is 3.90. The zero-order valence-corrected chi connectivity index (χ0v) is 7.42. The van der Waals surface area contributed by atoms with Crippen molar-refractivity contribution >= 4 is 5.78 Å². The van der Waals surface area contributed by atoms with E-state index < -0.39 is 5.54 Å². The van der Waals surface area contributed by atoms with Gasteiger partial charge in [0.25, 0.3) is 0 Å². The molecule has 1 aliphatic rings. The number of allylic oxidation sites excluding steroid dienone is 2. The molecular formula is C9H14N2O. The largest absolute Gasteiger partial charge is 0.401 e. The molecule has 0 fully saturated rings. The van der Waals surface area contributed by atoms with Crippen LogP contribution in [0.5, 0.6) is 0 Å². The van der Waals surface area contributed by atoms with Gasteiger partial charge < -0.3 is 11.5 Å². The third kappa shape index (κ3) is 1.74. The summed E-state index contributed by atoms with van der Waals surface area (Å²) >= 11 is 0. The monoisotopic (exact) mass is 166 g/mol. The molecule has 0 aromatic carbocycles. The Kier molecular flexibility index (Phi) is 2.06. The van der Waals surface area contributed by atoms with Crippen LogP contribution in [0.4, 0.5) is 0 Å². The summed E-state index contributed by atoms with van der Waals surface area (Å²) in [5, 5.41) is 0. The number of carbonyl (C=O) groups is 1. The molecule has 4 N–H and O–H groups in total. The van der Waals surface area contributed by atoms with Gasteiger partial charge in [0.2, 0.25) is 0 Å². The van der Waals surface area contributed by atoms with E-state index in [0.717, 1.165) is 0 Å². The first-order valence-corrected chi connectivity index (χ1v) is 3.90. The predicted octanol–water partition coefficient (Wildman–Crippen LogP) is 0.466. The third-order valence-corrected chi connectivity index (χ3v) is 1.93. The molecule has 1 atom stereocenters. The van der Waals surface area contributed by atoms with E-state index in [9.17, 15) is 4.79 Å². The second-order valence-electron chi connectivity index (χ2n) is 3.51. The van der Waals surface area contributed by atoms with E-state index in [-0.39, 0.29) is 5.78 Å². The lowest BCUT2D eigenvalue weighted by molar-refractivity contribution is -0.113. The second-order valence-corrected chi connectivity index (χ2v) is 3.51. The fourth-order valence-electron chi connectivity index (χ4n) is 1.29. The van der Waals surface area contributed by atoms with Crippen molar-refractivity contribution in [3.63, 3.8) is 0 Å². The van der Waals surface area contributed by atoms with Gasteiger partial charge in [0, 0.05) is 23.2 Å². The molecule has 0 aliphatic heterocycles. The first-order chi connectivity index (χ1) is 5.42. The summed E-state index contributed by atoms with van der Waals surface area (Å²) in [5.74, 6) is -0.000694. The summed E-state index contributed by atoms with van der Waals surface area (Å²) in [6.45, 7) is 3.39. The van der Waals surface area contributed by atoms with E-state index in [0.29, 0.717) is 17.7 Å². The van der Waals surface area contributed by atoms with E-state index in [4.69, 9.17) is 11.5 Å². The summed E-state index contributed by atoms with van der Waals surface area (Å²) in [7, 11) is 0. The summed E-state index contributed by atoms with van der Waals surface area (Å²) < 4.78 is 0. The second kappa shape index (κ2) is 2.75. The van der Waals surface area contributed by atoms with Gasteiger partial charge in [-0.25, -0.2) is 0 Å². The smallest absolute Gasteiger partial charge is 0.161 e. The topological polar surface area (TPSA) is 69.1 Å². The quantitative estimate of drug-likeness (QED) is 0.594. The van der Waals surface area contributed by atoms with Crippen molar-refractivity contribution in [3.8, 4) is 0 Å². The predicted molar refractivity (Wildman–Crippen MR) is 48.2 cm³/mol. The Morgan fingerprint density at radius 3 is 2.67 bits per heavy atom. The van der Waals surface area contributed by atoms with Crippen LogP contribution < -0.4 is 11.5 Å².